The van der Waals surface area contributed by atoms with E-state index in [1.54, 1.807) is 19.5 Å². The molecule has 3 heterocycles. The first-order valence-electron chi connectivity index (χ1n) is 6.36. The fourth-order valence-electron chi connectivity index (χ4n) is 2.01. The minimum absolute atomic E-state index is 0.544. The van der Waals surface area contributed by atoms with Gasteiger partial charge in [-0.1, -0.05) is 5.16 Å². The number of hydrogen-bond acceptors (Lipinski definition) is 6. The van der Waals surface area contributed by atoms with Gasteiger partial charge >= 0.3 is 0 Å². The van der Waals surface area contributed by atoms with E-state index >= 15 is 0 Å². The molecular weight excluding hydrogens is 258 g/mol. The summed E-state index contributed by atoms with van der Waals surface area (Å²) in [5, 5.41) is 3.80. The molecule has 0 aromatic carbocycles. The summed E-state index contributed by atoms with van der Waals surface area (Å²) >= 11 is 0. The van der Waals surface area contributed by atoms with E-state index in [9.17, 15) is 0 Å². The maximum absolute atomic E-state index is 5.39. The molecule has 3 rings (SSSR count). The molecule has 3 aromatic heterocycles. The van der Waals surface area contributed by atoms with Gasteiger partial charge in [0.05, 0.1) is 32.2 Å². The van der Waals surface area contributed by atoms with Crippen LogP contribution >= 0.6 is 0 Å². The van der Waals surface area contributed by atoms with Crippen LogP contribution in [0, 0.1) is 6.92 Å². The summed E-state index contributed by atoms with van der Waals surface area (Å²) in [5.74, 6) is 2.98. The molecule has 0 atom stereocenters. The second-order valence-corrected chi connectivity index (χ2v) is 4.54. The van der Waals surface area contributed by atoms with Gasteiger partial charge < -0.3 is 13.4 Å². The van der Waals surface area contributed by atoms with Gasteiger partial charge in [-0.05, 0) is 31.2 Å². The first kappa shape index (κ1) is 12.7. The molecule has 3 aromatic rings. The third-order valence-corrected chi connectivity index (χ3v) is 2.85. The molecule has 0 amide bonds. The highest BCUT2D eigenvalue weighted by Gasteiger charge is 2.14. The smallest absolute Gasteiger partial charge is 0.240 e. The highest BCUT2D eigenvalue weighted by atomic mass is 16.5. The fraction of sp³-hybridized carbons (Fsp3) is 0.286. The van der Waals surface area contributed by atoms with Crippen LogP contribution in [0.3, 0.4) is 0 Å². The summed E-state index contributed by atoms with van der Waals surface area (Å²) in [5.41, 5.74) is 0. The van der Waals surface area contributed by atoms with Crippen LogP contribution in [0.5, 0.6) is 0 Å². The van der Waals surface area contributed by atoms with E-state index in [1.165, 1.54) is 0 Å². The maximum atomic E-state index is 5.39. The average Bonchev–Trinajstić information content (AvgIpc) is 3.13. The zero-order valence-electron chi connectivity index (χ0n) is 11.2. The van der Waals surface area contributed by atoms with Crippen molar-refractivity contribution in [1.82, 2.24) is 15.0 Å². The Morgan fingerprint density at radius 2 is 1.65 bits per heavy atom. The van der Waals surface area contributed by atoms with Gasteiger partial charge in [-0.2, -0.15) is 4.98 Å². The minimum Gasteiger partial charge on any atom is -0.468 e. The van der Waals surface area contributed by atoms with E-state index in [-0.39, 0.29) is 0 Å². The van der Waals surface area contributed by atoms with Crippen molar-refractivity contribution in [2.45, 2.75) is 26.6 Å². The van der Waals surface area contributed by atoms with E-state index in [4.69, 9.17) is 13.4 Å². The Hall–Kier alpha value is -2.34. The SMILES string of the molecule is Cc1noc(CN(Cc2ccco2)Cc2ccco2)n1. The molecule has 6 nitrogen and oxygen atoms in total. The molecule has 0 N–H and O–H groups in total. The summed E-state index contributed by atoms with van der Waals surface area (Å²) in [6.07, 6.45) is 3.33. The Morgan fingerprint density at radius 3 is 2.10 bits per heavy atom. The average molecular weight is 273 g/mol. The van der Waals surface area contributed by atoms with Crippen molar-refractivity contribution in [3.8, 4) is 0 Å². The first-order valence-corrected chi connectivity index (χ1v) is 6.36. The van der Waals surface area contributed by atoms with Crippen molar-refractivity contribution in [3.63, 3.8) is 0 Å². The van der Waals surface area contributed by atoms with Crippen molar-refractivity contribution >= 4 is 0 Å². The molecule has 0 fully saturated rings. The summed E-state index contributed by atoms with van der Waals surface area (Å²) in [7, 11) is 0. The summed E-state index contributed by atoms with van der Waals surface area (Å²) in [6, 6.07) is 7.62. The van der Waals surface area contributed by atoms with Crippen molar-refractivity contribution in [1.29, 1.82) is 0 Å². The van der Waals surface area contributed by atoms with Gasteiger partial charge in [-0.25, -0.2) is 0 Å². The Kier molecular flexibility index (Phi) is 3.64. The molecule has 0 aliphatic heterocycles. The van der Waals surface area contributed by atoms with Crippen LogP contribution in [0.15, 0.2) is 50.1 Å². The summed E-state index contributed by atoms with van der Waals surface area (Å²) < 4.78 is 15.9. The van der Waals surface area contributed by atoms with Gasteiger partial charge in [-0.15, -0.1) is 0 Å². The molecular formula is C14H15N3O3. The topological polar surface area (TPSA) is 68.4 Å². The van der Waals surface area contributed by atoms with Crippen LogP contribution < -0.4 is 0 Å². The number of furan rings is 2. The molecule has 0 saturated heterocycles. The fourth-order valence-corrected chi connectivity index (χ4v) is 2.01. The summed E-state index contributed by atoms with van der Waals surface area (Å²) in [4.78, 5) is 6.34. The molecule has 0 spiro atoms. The maximum Gasteiger partial charge on any atom is 0.240 e. The number of hydrogen-bond donors (Lipinski definition) is 0. The van der Waals surface area contributed by atoms with Crippen molar-refractivity contribution in [2.24, 2.45) is 0 Å². The zero-order chi connectivity index (χ0) is 13.8. The zero-order valence-corrected chi connectivity index (χ0v) is 11.2. The van der Waals surface area contributed by atoms with Crippen LogP contribution in [-0.4, -0.2) is 15.0 Å². The Morgan fingerprint density at radius 1 is 1.00 bits per heavy atom. The monoisotopic (exact) mass is 273 g/mol. The molecule has 6 heteroatoms. The van der Waals surface area contributed by atoms with Gasteiger partial charge in [0.15, 0.2) is 5.82 Å². The molecule has 0 radical (unpaired) electrons. The predicted octanol–water partition coefficient (Wildman–Crippen LogP) is 2.77. The lowest BCUT2D eigenvalue weighted by atomic mass is 10.3. The predicted molar refractivity (Wildman–Crippen MR) is 69.4 cm³/mol. The third kappa shape index (κ3) is 3.16. The van der Waals surface area contributed by atoms with Gasteiger partial charge in [0.2, 0.25) is 5.89 Å². The van der Waals surface area contributed by atoms with Crippen molar-refractivity contribution in [3.05, 3.63) is 60.0 Å². The molecule has 0 saturated carbocycles. The van der Waals surface area contributed by atoms with Crippen LogP contribution in [-0.2, 0) is 19.6 Å². The Balaban J connectivity index is 1.72. The van der Waals surface area contributed by atoms with Crippen molar-refractivity contribution in [2.75, 3.05) is 0 Å². The Labute approximate surface area is 116 Å². The van der Waals surface area contributed by atoms with Crippen LogP contribution in [0.2, 0.25) is 0 Å². The molecule has 0 aliphatic rings. The number of nitrogens with zero attached hydrogens (tertiary/aromatic N) is 3. The van der Waals surface area contributed by atoms with Gasteiger partial charge in [0.25, 0.3) is 0 Å². The number of aryl methyl sites for hydroxylation is 1. The van der Waals surface area contributed by atoms with Crippen molar-refractivity contribution < 1.29 is 13.4 Å². The molecule has 104 valence electrons. The second-order valence-electron chi connectivity index (χ2n) is 4.54. The normalized spacial score (nSPS) is 11.3. The van der Waals surface area contributed by atoms with Gasteiger partial charge in [-0.3, -0.25) is 4.90 Å². The van der Waals surface area contributed by atoms with Gasteiger partial charge in [0.1, 0.15) is 11.5 Å². The number of aromatic nitrogens is 2. The highest BCUT2D eigenvalue weighted by molar-refractivity contribution is 5.01. The highest BCUT2D eigenvalue weighted by Crippen LogP contribution is 2.14. The molecule has 0 aliphatic carbocycles. The van der Waals surface area contributed by atoms with E-state index in [2.05, 4.69) is 15.0 Å². The lowest BCUT2D eigenvalue weighted by molar-refractivity contribution is 0.183. The Bertz CT molecular complexity index is 592. The second kappa shape index (κ2) is 5.75. The molecule has 20 heavy (non-hydrogen) atoms. The van der Waals surface area contributed by atoms with E-state index in [0.29, 0.717) is 31.3 Å². The largest absolute Gasteiger partial charge is 0.468 e. The third-order valence-electron chi connectivity index (χ3n) is 2.85. The first-order chi connectivity index (χ1) is 9.79. The van der Waals surface area contributed by atoms with E-state index in [0.717, 1.165) is 11.5 Å². The van der Waals surface area contributed by atoms with E-state index < -0.39 is 0 Å². The molecule has 0 bridgehead atoms. The van der Waals surface area contributed by atoms with Gasteiger partial charge in [0, 0.05) is 0 Å². The standard InChI is InChI=1S/C14H15N3O3/c1-11-15-14(20-16-11)10-17(8-12-4-2-6-18-12)9-13-5-3-7-19-13/h2-7H,8-10H2,1H3. The lowest BCUT2D eigenvalue weighted by Crippen LogP contribution is -2.22. The number of rotatable bonds is 6. The van der Waals surface area contributed by atoms with Crippen LogP contribution in [0.1, 0.15) is 23.2 Å². The quantitative estimate of drug-likeness (QED) is 0.688. The minimum atomic E-state index is 0.544. The van der Waals surface area contributed by atoms with Crippen LogP contribution in [0.25, 0.3) is 0 Å². The van der Waals surface area contributed by atoms with E-state index in [1.807, 2.05) is 24.3 Å². The van der Waals surface area contributed by atoms with Crippen LogP contribution in [0.4, 0.5) is 0 Å². The molecule has 0 unspecified atom stereocenters. The lowest BCUT2D eigenvalue weighted by Gasteiger charge is -2.17. The summed E-state index contributed by atoms with van der Waals surface area (Å²) in [6.45, 7) is 3.64.